The first-order valence-electron chi connectivity index (χ1n) is 5.43. The molecule has 0 aromatic heterocycles. The molecule has 1 aliphatic rings. The molecule has 0 aliphatic carbocycles. The minimum atomic E-state index is -0.658. The van der Waals surface area contributed by atoms with E-state index in [0.717, 1.165) is 5.56 Å². The number of Topliss-reactive ketones (excluding diaryl/α,β-unsaturated/α-hetero) is 1. The standard InChI is InChI=1S/C14H11NO2.ClH/c15-13-9-5-1-3-7-11(9)17-12-8-4-2-6-10(12)14(13)16;/h1-8,13H,15H2;1H/t13-;/m0./s1. The van der Waals surface area contributed by atoms with Crippen molar-refractivity contribution in [2.45, 2.75) is 6.04 Å². The maximum absolute atomic E-state index is 12.2. The summed E-state index contributed by atoms with van der Waals surface area (Å²) < 4.78 is 5.74. The first kappa shape index (κ1) is 12.6. The maximum Gasteiger partial charge on any atom is 0.187 e. The second-order valence-electron chi connectivity index (χ2n) is 3.98. The highest BCUT2D eigenvalue weighted by Gasteiger charge is 2.27. The Kier molecular flexibility index (Phi) is 3.36. The fourth-order valence-corrected chi connectivity index (χ4v) is 2.02. The molecule has 92 valence electrons. The van der Waals surface area contributed by atoms with E-state index in [0.29, 0.717) is 17.1 Å². The van der Waals surface area contributed by atoms with Gasteiger partial charge in [0.25, 0.3) is 0 Å². The summed E-state index contributed by atoms with van der Waals surface area (Å²) in [5.41, 5.74) is 7.24. The maximum atomic E-state index is 12.2. The fraction of sp³-hybridized carbons (Fsp3) is 0.0714. The van der Waals surface area contributed by atoms with Crippen molar-refractivity contribution in [2.24, 2.45) is 5.73 Å². The molecule has 2 aromatic rings. The van der Waals surface area contributed by atoms with Gasteiger partial charge >= 0.3 is 0 Å². The average molecular weight is 262 g/mol. The lowest BCUT2D eigenvalue weighted by Crippen LogP contribution is -2.20. The van der Waals surface area contributed by atoms with Crippen molar-refractivity contribution in [2.75, 3.05) is 0 Å². The molecule has 0 fully saturated rings. The number of fused-ring (bicyclic) bond motifs is 2. The average Bonchev–Trinajstić information content (AvgIpc) is 2.48. The third kappa shape index (κ3) is 1.88. The SMILES string of the molecule is Cl.N[C@@H]1C(=O)c2ccccc2Oc2ccccc21. The van der Waals surface area contributed by atoms with E-state index < -0.39 is 6.04 Å². The summed E-state index contributed by atoms with van der Waals surface area (Å²) in [6.07, 6.45) is 0. The van der Waals surface area contributed by atoms with Crippen LogP contribution in [0.3, 0.4) is 0 Å². The van der Waals surface area contributed by atoms with Crippen LogP contribution in [0.25, 0.3) is 0 Å². The Morgan fingerprint density at radius 3 is 2.33 bits per heavy atom. The number of hydrogen-bond acceptors (Lipinski definition) is 3. The minimum absolute atomic E-state index is 0. The van der Waals surface area contributed by atoms with E-state index >= 15 is 0 Å². The van der Waals surface area contributed by atoms with Gasteiger partial charge in [0.15, 0.2) is 5.78 Å². The number of para-hydroxylation sites is 2. The van der Waals surface area contributed by atoms with Gasteiger partial charge in [-0.05, 0) is 18.2 Å². The molecular weight excluding hydrogens is 250 g/mol. The van der Waals surface area contributed by atoms with Crippen LogP contribution >= 0.6 is 12.4 Å². The molecule has 0 saturated heterocycles. The molecule has 1 heterocycles. The second kappa shape index (κ2) is 4.80. The largest absolute Gasteiger partial charge is 0.456 e. The van der Waals surface area contributed by atoms with E-state index in [4.69, 9.17) is 10.5 Å². The molecule has 4 heteroatoms. The summed E-state index contributed by atoms with van der Waals surface area (Å²) in [5.74, 6) is 1.11. The van der Waals surface area contributed by atoms with Gasteiger partial charge in [-0.2, -0.15) is 0 Å². The molecule has 3 rings (SSSR count). The molecule has 2 N–H and O–H groups in total. The van der Waals surface area contributed by atoms with Crippen LogP contribution in [0.2, 0.25) is 0 Å². The van der Waals surface area contributed by atoms with Crippen LogP contribution in [0.5, 0.6) is 11.5 Å². The molecule has 0 saturated carbocycles. The van der Waals surface area contributed by atoms with E-state index in [-0.39, 0.29) is 18.2 Å². The van der Waals surface area contributed by atoms with Crippen molar-refractivity contribution in [3.63, 3.8) is 0 Å². The Hall–Kier alpha value is -1.84. The van der Waals surface area contributed by atoms with Crippen molar-refractivity contribution < 1.29 is 9.53 Å². The predicted molar refractivity (Wildman–Crippen MR) is 71.5 cm³/mol. The lowest BCUT2D eigenvalue weighted by atomic mass is 9.98. The topological polar surface area (TPSA) is 52.3 Å². The third-order valence-corrected chi connectivity index (χ3v) is 2.91. The van der Waals surface area contributed by atoms with E-state index in [1.165, 1.54) is 0 Å². The first-order valence-corrected chi connectivity index (χ1v) is 5.43. The number of carbonyl (C=O) groups excluding carboxylic acids is 1. The number of hydrogen-bond donors (Lipinski definition) is 1. The Bertz CT molecular complexity index is 598. The molecule has 1 atom stereocenters. The van der Waals surface area contributed by atoms with E-state index in [9.17, 15) is 4.79 Å². The van der Waals surface area contributed by atoms with Gasteiger partial charge in [-0.3, -0.25) is 4.79 Å². The molecule has 0 amide bonds. The van der Waals surface area contributed by atoms with Crippen LogP contribution in [0.1, 0.15) is 22.0 Å². The number of ether oxygens (including phenoxy) is 1. The zero-order chi connectivity index (χ0) is 11.8. The number of carbonyl (C=O) groups is 1. The van der Waals surface area contributed by atoms with Crippen LogP contribution in [-0.4, -0.2) is 5.78 Å². The van der Waals surface area contributed by atoms with Crippen LogP contribution in [-0.2, 0) is 0 Å². The van der Waals surface area contributed by atoms with E-state index in [2.05, 4.69) is 0 Å². The molecule has 2 aromatic carbocycles. The van der Waals surface area contributed by atoms with E-state index in [1.807, 2.05) is 36.4 Å². The Labute approximate surface area is 111 Å². The summed E-state index contributed by atoms with van der Waals surface area (Å²) in [6.45, 7) is 0. The van der Waals surface area contributed by atoms with Crippen LogP contribution in [0.4, 0.5) is 0 Å². The highest BCUT2D eigenvalue weighted by molar-refractivity contribution is 6.03. The predicted octanol–water partition coefficient (Wildman–Crippen LogP) is 3.10. The second-order valence-corrected chi connectivity index (χ2v) is 3.98. The molecule has 0 radical (unpaired) electrons. The number of halogens is 1. The third-order valence-electron chi connectivity index (χ3n) is 2.91. The van der Waals surface area contributed by atoms with Gasteiger partial charge in [-0.1, -0.05) is 30.3 Å². The molecule has 0 bridgehead atoms. The summed E-state index contributed by atoms with van der Waals surface area (Å²) in [4.78, 5) is 12.2. The normalized spacial score (nSPS) is 16.7. The summed E-state index contributed by atoms with van der Waals surface area (Å²) in [5, 5.41) is 0. The van der Waals surface area contributed by atoms with Crippen molar-refractivity contribution >= 4 is 18.2 Å². The smallest absolute Gasteiger partial charge is 0.187 e. The lowest BCUT2D eigenvalue weighted by Gasteiger charge is -2.09. The molecular formula is C14H12ClNO2. The van der Waals surface area contributed by atoms with Crippen molar-refractivity contribution in [3.05, 3.63) is 59.7 Å². The number of nitrogens with two attached hydrogens (primary N) is 1. The number of ketones is 1. The summed E-state index contributed by atoms with van der Waals surface area (Å²) in [7, 11) is 0. The Morgan fingerprint density at radius 2 is 1.56 bits per heavy atom. The Balaban J connectivity index is 0.00000120. The lowest BCUT2D eigenvalue weighted by molar-refractivity contribution is 0.0962. The zero-order valence-corrected chi connectivity index (χ0v) is 10.3. The van der Waals surface area contributed by atoms with Crippen molar-refractivity contribution in [1.29, 1.82) is 0 Å². The highest BCUT2D eigenvalue weighted by Crippen LogP contribution is 2.36. The van der Waals surface area contributed by atoms with Gasteiger partial charge in [0, 0.05) is 5.56 Å². The fourth-order valence-electron chi connectivity index (χ4n) is 2.02. The van der Waals surface area contributed by atoms with Gasteiger partial charge in [-0.15, -0.1) is 12.4 Å². The molecule has 3 nitrogen and oxygen atoms in total. The van der Waals surface area contributed by atoms with Crippen molar-refractivity contribution in [3.8, 4) is 11.5 Å². The van der Waals surface area contributed by atoms with E-state index in [1.54, 1.807) is 12.1 Å². The first-order chi connectivity index (χ1) is 8.27. The number of rotatable bonds is 0. The van der Waals surface area contributed by atoms with Crippen LogP contribution in [0, 0.1) is 0 Å². The van der Waals surface area contributed by atoms with Gasteiger partial charge in [0.2, 0.25) is 0 Å². The monoisotopic (exact) mass is 261 g/mol. The zero-order valence-electron chi connectivity index (χ0n) is 9.50. The molecule has 1 aliphatic heterocycles. The van der Waals surface area contributed by atoms with Crippen LogP contribution in [0.15, 0.2) is 48.5 Å². The van der Waals surface area contributed by atoms with Crippen LogP contribution < -0.4 is 10.5 Å². The van der Waals surface area contributed by atoms with Gasteiger partial charge < -0.3 is 10.5 Å². The minimum Gasteiger partial charge on any atom is -0.456 e. The quantitative estimate of drug-likeness (QED) is 0.793. The van der Waals surface area contributed by atoms with Crippen molar-refractivity contribution in [1.82, 2.24) is 0 Å². The van der Waals surface area contributed by atoms with Gasteiger partial charge in [0.1, 0.15) is 11.5 Å². The highest BCUT2D eigenvalue weighted by atomic mass is 35.5. The molecule has 0 spiro atoms. The molecule has 0 unspecified atom stereocenters. The summed E-state index contributed by atoms with van der Waals surface area (Å²) >= 11 is 0. The Morgan fingerprint density at radius 1 is 0.944 bits per heavy atom. The van der Waals surface area contributed by atoms with Gasteiger partial charge in [0.05, 0.1) is 11.6 Å². The van der Waals surface area contributed by atoms with Gasteiger partial charge in [-0.25, -0.2) is 0 Å². The molecule has 18 heavy (non-hydrogen) atoms. The summed E-state index contributed by atoms with van der Waals surface area (Å²) in [6, 6.07) is 13.9. The number of benzene rings is 2.